The second-order valence-electron chi connectivity index (χ2n) is 5.40. The number of nitrogens with zero attached hydrogens (tertiary/aromatic N) is 1. The van der Waals surface area contributed by atoms with Gasteiger partial charge in [0.15, 0.2) is 0 Å². The number of nitrogens with one attached hydrogen (secondary N) is 2. The molecule has 0 fully saturated rings. The topological polar surface area (TPSA) is 64.9 Å². The monoisotopic (exact) mass is 337 g/mol. The zero-order valence-corrected chi connectivity index (χ0v) is 13.8. The first-order valence-corrected chi connectivity index (χ1v) is 7.36. The average molecular weight is 338 g/mol. The number of carbonyl (C=O) groups is 1. The summed E-state index contributed by atoms with van der Waals surface area (Å²) in [5.74, 6) is -0.0480. The Balaban J connectivity index is 2.74. The molecule has 0 radical (unpaired) electrons. The summed E-state index contributed by atoms with van der Waals surface area (Å²) < 4.78 is 0.769. The Hall–Kier alpha value is -1.54. The van der Waals surface area contributed by atoms with Crippen molar-refractivity contribution < 1.29 is 4.79 Å². The van der Waals surface area contributed by atoms with Gasteiger partial charge in [0.1, 0.15) is 6.04 Å². The summed E-state index contributed by atoms with van der Waals surface area (Å²) in [5, 5.41) is 15.0. The molecule has 0 spiro atoms. The molecule has 2 N–H and O–H groups in total. The first-order valence-electron chi connectivity index (χ1n) is 6.57. The Morgan fingerprint density at radius 3 is 2.65 bits per heavy atom. The molecule has 0 saturated carbocycles. The van der Waals surface area contributed by atoms with Gasteiger partial charge in [-0.05, 0) is 61.3 Å². The molecule has 1 atom stereocenters. The second-order valence-corrected chi connectivity index (χ2v) is 6.25. The van der Waals surface area contributed by atoms with Crippen LogP contribution in [0, 0.1) is 11.3 Å². The lowest BCUT2D eigenvalue weighted by molar-refractivity contribution is -0.123. The van der Waals surface area contributed by atoms with Crippen LogP contribution in [0.2, 0.25) is 0 Å². The fraction of sp³-hybridized carbons (Fsp3) is 0.467. The highest BCUT2D eigenvalue weighted by Crippen LogP contribution is 2.24. The predicted molar refractivity (Wildman–Crippen MR) is 84.5 cm³/mol. The van der Waals surface area contributed by atoms with Gasteiger partial charge in [-0.2, -0.15) is 5.26 Å². The third kappa shape index (κ3) is 4.53. The van der Waals surface area contributed by atoms with Crippen molar-refractivity contribution in [2.75, 3.05) is 5.32 Å². The van der Waals surface area contributed by atoms with Crippen molar-refractivity contribution in [2.45, 2.75) is 45.7 Å². The Morgan fingerprint density at radius 1 is 1.50 bits per heavy atom. The predicted octanol–water partition coefficient (Wildman–Crippen LogP) is 3.43. The largest absolute Gasteiger partial charge is 0.373 e. The van der Waals surface area contributed by atoms with Crippen LogP contribution in [-0.4, -0.2) is 17.5 Å². The molecule has 0 aliphatic heterocycles. The van der Waals surface area contributed by atoms with Gasteiger partial charge in [-0.15, -0.1) is 0 Å². The molecular weight excluding hydrogens is 318 g/mol. The van der Waals surface area contributed by atoms with E-state index in [4.69, 9.17) is 5.26 Å². The van der Waals surface area contributed by atoms with E-state index in [0.717, 1.165) is 16.6 Å². The molecule has 0 saturated heterocycles. The van der Waals surface area contributed by atoms with Gasteiger partial charge in [0.05, 0.1) is 11.6 Å². The van der Waals surface area contributed by atoms with E-state index in [-0.39, 0.29) is 17.5 Å². The third-order valence-corrected chi connectivity index (χ3v) is 3.87. The van der Waals surface area contributed by atoms with Crippen LogP contribution in [0.4, 0.5) is 5.69 Å². The highest BCUT2D eigenvalue weighted by atomic mass is 79.9. The van der Waals surface area contributed by atoms with Crippen molar-refractivity contribution in [3.63, 3.8) is 0 Å². The summed E-state index contributed by atoms with van der Waals surface area (Å²) in [7, 11) is 0. The summed E-state index contributed by atoms with van der Waals surface area (Å²) in [4.78, 5) is 12.1. The Morgan fingerprint density at radius 2 is 2.15 bits per heavy atom. The summed E-state index contributed by atoms with van der Waals surface area (Å²) >= 11 is 3.40. The molecule has 1 aromatic rings. The SMILES string of the molecule is CCC(C)(C)NC(=O)C(C)Nc1ccc(C#N)cc1Br. The van der Waals surface area contributed by atoms with Crippen LogP contribution >= 0.6 is 15.9 Å². The maximum atomic E-state index is 12.1. The lowest BCUT2D eigenvalue weighted by Gasteiger charge is -2.27. The second kappa shape index (κ2) is 6.76. The molecule has 4 nitrogen and oxygen atoms in total. The number of amides is 1. The van der Waals surface area contributed by atoms with Gasteiger partial charge in [-0.1, -0.05) is 6.92 Å². The molecule has 108 valence electrons. The van der Waals surface area contributed by atoms with Crippen molar-refractivity contribution >= 4 is 27.5 Å². The molecule has 1 aromatic carbocycles. The summed E-state index contributed by atoms with van der Waals surface area (Å²) in [5.41, 5.74) is 1.15. The molecule has 20 heavy (non-hydrogen) atoms. The Kier molecular flexibility index (Phi) is 5.58. The Labute approximate surface area is 128 Å². The van der Waals surface area contributed by atoms with Gasteiger partial charge in [-0.3, -0.25) is 4.79 Å². The van der Waals surface area contributed by atoms with Crippen molar-refractivity contribution in [1.82, 2.24) is 5.32 Å². The standard InChI is InChI=1S/C15H20BrN3O/c1-5-15(3,4)19-14(20)10(2)18-13-7-6-11(9-17)8-12(13)16/h6-8,10,18H,5H2,1-4H3,(H,19,20). The zero-order valence-electron chi connectivity index (χ0n) is 12.2. The third-order valence-electron chi connectivity index (χ3n) is 3.21. The number of hydrogen-bond donors (Lipinski definition) is 2. The van der Waals surface area contributed by atoms with Gasteiger partial charge < -0.3 is 10.6 Å². The number of halogens is 1. The molecule has 0 heterocycles. The van der Waals surface area contributed by atoms with E-state index in [9.17, 15) is 4.79 Å². The van der Waals surface area contributed by atoms with E-state index >= 15 is 0 Å². The minimum Gasteiger partial charge on any atom is -0.373 e. The van der Waals surface area contributed by atoms with Crippen LogP contribution in [0.15, 0.2) is 22.7 Å². The highest BCUT2D eigenvalue weighted by molar-refractivity contribution is 9.10. The number of benzene rings is 1. The fourth-order valence-electron chi connectivity index (χ4n) is 1.53. The van der Waals surface area contributed by atoms with Crippen LogP contribution in [-0.2, 0) is 4.79 Å². The van der Waals surface area contributed by atoms with E-state index < -0.39 is 0 Å². The van der Waals surface area contributed by atoms with Gasteiger partial charge in [0.25, 0.3) is 0 Å². The van der Waals surface area contributed by atoms with Gasteiger partial charge in [-0.25, -0.2) is 0 Å². The maximum absolute atomic E-state index is 12.1. The number of anilines is 1. The molecule has 1 amide bonds. The first-order chi connectivity index (χ1) is 9.29. The first kappa shape index (κ1) is 16.5. The van der Waals surface area contributed by atoms with Gasteiger partial charge in [0.2, 0.25) is 5.91 Å². The van der Waals surface area contributed by atoms with Crippen molar-refractivity contribution in [3.05, 3.63) is 28.2 Å². The normalized spacial score (nSPS) is 12.4. The van der Waals surface area contributed by atoms with Gasteiger partial charge >= 0.3 is 0 Å². The quantitative estimate of drug-likeness (QED) is 0.865. The summed E-state index contributed by atoms with van der Waals surface area (Å²) in [6, 6.07) is 6.95. The van der Waals surface area contributed by atoms with Crippen molar-refractivity contribution in [3.8, 4) is 6.07 Å². The smallest absolute Gasteiger partial charge is 0.242 e. The average Bonchev–Trinajstić information content (AvgIpc) is 2.40. The van der Waals surface area contributed by atoms with Crippen molar-refractivity contribution in [2.24, 2.45) is 0 Å². The minimum atomic E-state index is -0.356. The number of carbonyl (C=O) groups excluding carboxylic acids is 1. The Bertz CT molecular complexity index is 534. The molecular formula is C15H20BrN3O. The highest BCUT2D eigenvalue weighted by Gasteiger charge is 2.22. The van der Waals surface area contributed by atoms with Crippen LogP contribution in [0.5, 0.6) is 0 Å². The molecule has 0 aromatic heterocycles. The number of nitriles is 1. The number of rotatable bonds is 5. The lowest BCUT2D eigenvalue weighted by Crippen LogP contribution is -2.48. The maximum Gasteiger partial charge on any atom is 0.242 e. The van der Waals surface area contributed by atoms with Crippen LogP contribution < -0.4 is 10.6 Å². The van der Waals surface area contributed by atoms with Gasteiger partial charge in [0, 0.05) is 15.7 Å². The zero-order chi connectivity index (χ0) is 15.3. The molecule has 1 rings (SSSR count). The molecule has 1 unspecified atom stereocenters. The molecule has 0 aliphatic rings. The van der Waals surface area contributed by atoms with E-state index in [1.54, 1.807) is 18.2 Å². The van der Waals surface area contributed by atoms with E-state index in [0.29, 0.717) is 5.56 Å². The van der Waals surface area contributed by atoms with Crippen LogP contribution in [0.3, 0.4) is 0 Å². The van der Waals surface area contributed by atoms with Crippen LogP contribution in [0.1, 0.15) is 39.7 Å². The number of hydrogen-bond acceptors (Lipinski definition) is 3. The van der Waals surface area contributed by atoms with Crippen LogP contribution in [0.25, 0.3) is 0 Å². The molecule has 5 heteroatoms. The lowest BCUT2D eigenvalue weighted by atomic mass is 10.0. The molecule has 0 aliphatic carbocycles. The van der Waals surface area contributed by atoms with Crippen molar-refractivity contribution in [1.29, 1.82) is 5.26 Å². The van der Waals surface area contributed by atoms with E-state index in [1.165, 1.54) is 0 Å². The summed E-state index contributed by atoms with van der Waals surface area (Å²) in [6.45, 7) is 7.84. The minimum absolute atomic E-state index is 0.0480. The summed E-state index contributed by atoms with van der Waals surface area (Å²) in [6.07, 6.45) is 0.867. The molecule has 0 bridgehead atoms. The van der Waals surface area contributed by atoms with E-state index in [2.05, 4.69) is 32.6 Å². The fourth-order valence-corrected chi connectivity index (χ4v) is 2.02. The van der Waals surface area contributed by atoms with E-state index in [1.807, 2.05) is 27.7 Å².